The van der Waals surface area contributed by atoms with Gasteiger partial charge in [0.15, 0.2) is 0 Å². The van der Waals surface area contributed by atoms with Gasteiger partial charge >= 0.3 is 60.3 Å². The Morgan fingerprint density at radius 3 is 1.04 bits per heavy atom. The highest BCUT2D eigenvalue weighted by Gasteiger charge is 2.50. The highest BCUT2D eigenvalue weighted by Crippen LogP contribution is 2.37. The summed E-state index contributed by atoms with van der Waals surface area (Å²) < 4.78 is 116. The highest BCUT2D eigenvalue weighted by molar-refractivity contribution is 6.01. The zero-order valence-corrected chi connectivity index (χ0v) is 85.6. The Bertz CT molecular complexity index is 5140. The molecule has 3 heterocycles. The van der Waals surface area contributed by atoms with E-state index in [-0.39, 0.29) is 69.7 Å². The molecule has 8 N–H and O–H groups in total. The minimum atomic E-state index is -1.10. The lowest BCUT2D eigenvalue weighted by molar-refractivity contribution is -0.145. The van der Waals surface area contributed by atoms with Crippen molar-refractivity contribution in [1.29, 1.82) is 0 Å². The second-order valence-corrected chi connectivity index (χ2v) is 41.4. The maximum absolute atomic E-state index is 13.6. The Morgan fingerprint density at radius 2 is 0.752 bits per heavy atom. The molecule has 9 rings (SSSR count). The molecule has 774 valence electrons. The fourth-order valence-electron chi connectivity index (χ4n) is 14.9. The number of rotatable bonds is 26. The summed E-state index contributed by atoms with van der Waals surface area (Å²) in [6, 6.07) is 51.7. The SMILES string of the molecule is CC(C)(C)OC(=O)N[C@H](C(=O)O)C(C)(C)c1ccccc1.CC(C)(CC(=O)O)c1ccccc1.CC(C)=CC(=O)O.CC(C)[C@H]1CNC(=O)N1C(=O)[C@@H](N=[N+]=[N-])C(C)(C)c1ccccc1.CC(C)[C@H]1CNC(=O)N1C(=O)[C@@H](NC(=O)OC(C)(C)C)C(C)(C)c1ccccc1.CC(C)[C@H]1COC(=O)N1C(=O)CC(C)(C)c1ccccc1.COC(=O)[C@@H](NC(=O)OC(C)(C)C)C(C)(C)c1ccccc1.[2HH].[2HH].[2HH].[2H][2H].[2H][2H].[2H][2H].[2H][2H].[2H][2H].[2H][2H].[2H][2H].[2H][2H].[2H][2H]. The number of hydrogen-bond acceptors (Lipinski definition) is 19. The van der Waals surface area contributed by atoms with Crippen LogP contribution in [0.25, 0.3) is 10.4 Å². The van der Waals surface area contributed by atoms with Crippen LogP contribution in [0.5, 0.6) is 0 Å². The zero-order chi connectivity index (χ0) is 122. The molecule has 0 aliphatic carbocycles. The number of allylic oxidation sites excluding steroid dienone is 1. The van der Waals surface area contributed by atoms with Gasteiger partial charge in [0, 0.05) is 88.6 Å². The van der Waals surface area contributed by atoms with Crippen molar-refractivity contribution in [3.63, 3.8) is 0 Å². The van der Waals surface area contributed by atoms with Crippen LogP contribution in [0.1, 0.15) is 278 Å². The van der Waals surface area contributed by atoms with Gasteiger partial charge in [-0.05, 0) is 138 Å². The number of hydrogen-bond donors (Lipinski definition) is 8. The topological polar surface area (TPSA) is 447 Å². The number of aliphatic carboxylic acids is 3. The van der Waals surface area contributed by atoms with Crippen molar-refractivity contribution in [1.82, 2.24) is 41.3 Å². The Balaban J connectivity index is -0.000000200. The number of urea groups is 2. The summed E-state index contributed by atoms with van der Waals surface area (Å²) >= 11 is 0. The predicted octanol–water partition coefficient (Wildman–Crippen LogP) is 22.4. The number of ether oxygens (including phenoxy) is 5. The molecule has 7 atom stereocenters. The van der Waals surface area contributed by atoms with Gasteiger partial charge in [-0.25, -0.2) is 48.1 Å². The van der Waals surface area contributed by atoms with Gasteiger partial charge in [0.1, 0.15) is 47.6 Å². The van der Waals surface area contributed by atoms with E-state index in [1.54, 1.807) is 90.0 Å². The van der Waals surface area contributed by atoms with E-state index in [4.69, 9.17) is 66.2 Å². The van der Waals surface area contributed by atoms with Crippen LogP contribution in [0.2, 0.25) is 0 Å². The fourth-order valence-corrected chi connectivity index (χ4v) is 14.9. The summed E-state index contributed by atoms with van der Waals surface area (Å²) in [6.07, 6.45) is -0.972. The van der Waals surface area contributed by atoms with Crippen molar-refractivity contribution in [2.45, 2.75) is 305 Å². The van der Waals surface area contributed by atoms with Gasteiger partial charge in [-0.3, -0.25) is 29.0 Å². The normalized spacial score (nSPS) is 16.3. The fraction of sp³-hybridized carbons (Fsp3) is 0.514. The van der Waals surface area contributed by atoms with Gasteiger partial charge < -0.3 is 65.6 Å². The number of carboxylic acid groups (broad SMARTS) is 3. The maximum atomic E-state index is 13.6. The van der Waals surface area contributed by atoms with Gasteiger partial charge in [-0.1, -0.05) is 317 Å². The number of carbonyl (C=O) groups excluding carboxylic acids is 10. The van der Waals surface area contributed by atoms with Crippen molar-refractivity contribution < 1.29 is 132 Å². The number of carbonyl (C=O) groups is 13. The van der Waals surface area contributed by atoms with Crippen LogP contribution in [-0.2, 0) is 89.7 Å². The van der Waals surface area contributed by atoms with E-state index in [1.807, 2.05) is 293 Å². The minimum absolute atomic E-state index is 0. The minimum Gasteiger partial charge on any atom is -0.481 e. The number of amides is 11. The van der Waals surface area contributed by atoms with E-state index >= 15 is 0 Å². The number of esters is 1. The van der Waals surface area contributed by atoms with Gasteiger partial charge in [0.25, 0.3) is 5.91 Å². The Labute approximate surface area is 841 Å². The number of imide groups is 3. The molecule has 3 fully saturated rings. The number of carboxylic acids is 3. The molecular weight excluding hydrogens is 1750 g/mol. The van der Waals surface area contributed by atoms with Crippen LogP contribution in [0.3, 0.4) is 0 Å². The van der Waals surface area contributed by atoms with Crippen molar-refractivity contribution in [2.75, 3.05) is 26.8 Å². The molecule has 0 aromatic heterocycles. The highest BCUT2D eigenvalue weighted by atomic mass is 16.6. The molecule has 3 aliphatic rings. The molecule has 3 aliphatic heterocycles. The molecule has 6 aromatic carbocycles. The van der Waals surface area contributed by atoms with Crippen molar-refractivity contribution in [3.05, 3.63) is 237 Å². The number of alkyl carbamates (subject to hydrolysis) is 3. The van der Waals surface area contributed by atoms with Crippen molar-refractivity contribution in [2.24, 2.45) is 22.9 Å². The van der Waals surface area contributed by atoms with Gasteiger partial charge in [0.2, 0.25) is 11.8 Å². The molecule has 32 heteroatoms. The lowest BCUT2D eigenvalue weighted by Gasteiger charge is -2.38. The van der Waals surface area contributed by atoms with E-state index in [2.05, 4.69) is 36.6 Å². The summed E-state index contributed by atoms with van der Waals surface area (Å²) in [5.74, 6) is -3.93. The number of nitrogens with zero attached hydrogens (tertiary/aromatic N) is 6. The standard InChI is InChI=1S/C22H33N3O4.C17H23N5O2.C17H25NO4.C17H23NO3.C16H23NO4.C11H14O2.C5H8O2.12H2/c1-14(2)16-13-23-19(27)25(16)18(26)17(24-20(28)29-21(3,4)5)22(6,7)15-11-9-8-10-12-15;1-11(2)13-10-19-16(24)22(13)15(23)14(20-21-18)17(3,4)12-8-6-5-7-9-12;1-16(2,3)22-15(20)18-13(14(19)21-6)17(4,5)12-10-8-7-9-11-12;1-12(2)14-11-21-16(20)18(14)15(19)10-17(3,4)13-8-6-5-7-9-13;1-15(2,3)21-14(20)17-12(13(18)19)16(4,5)11-9-7-6-8-10-11;1-11(2,8-10(12)13)9-6-4-3-5-7-9;1-4(2)3-5(6)7;;;;;;;;;;;;/h8-12,14,16-17H,13H2,1-7H3,(H,23,27)(H,24,28);5-9,11,13-14H,10H2,1-4H3,(H,19,24);7-11,13H,1-6H3,(H,18,20);5-9,12,14H,10-11H2,1-4H3;6-10,12H,1-5H3,(H,17,20)(H,18,19);3-7H,8H2,1-2H3,(H,12,13);3H,1-2H3,(H,6,7);12*1H/t16-,17-;13-,14-;13-;14-;12-;;;;;;;;;;;;;;/m11111............../s1/i;;;;;;;9*1+1D;3*1+1. The Kier molecular flexibility index (Phi) is 38.8. The number of benzene rings is 6. The van der Waals surface area contributed by atoms with Crippen LogP contribution in [0.4, 0.5) is 28.8 Å². The number of azide groups is 1. The van der Waals surface area contributed by atoms with E-state index in [1.165, 1.54) is 27.9 Å². The van der Waals surface area contributed by atoms with Gasteiger partial charge in [-0.2, -0.15) is 0 Å². The molecule has 3 saturated heterocycles. The Hall–Kier alpha value is -13.1. The van der Waals surface area contributed by atoms with Crippen LogP contribution in [0.15, 0.2) is 199 Å². The summed E-state index contributed by atoms with van der Waals surface area (Å²) in [7, 11) is 1.30. The quantitative estimate of drug-likeness (QED) is 0.00624. The van der Waals surface area contributed by atoms with E-state index in [0.29, 0.717) is 19.7 Å². The summed E-state index contributed by atoms with van der Waals surface area (Å²) in [5.41, 5.74) is 9.86. The first-order valence-electron chi connectivity index (χ1n) is 54.7. The average Bonchev–Trinajstić information content (AvgIpc) is 1.52. The first-order chi connectivity index (χ1) is 72.2. The third kappa shape index (κ3) is 37.1. The predicted molar refractivity (Wildman–Crippen MR) is 553 cm³/mol. The molecule has 137 heavy (non-hydrogen) atoms. The maximum Gasteiger partial charge on any atom is 0.416 e. The molecule has 0 spiro atoms. The van der Waals surface area contributed by atoms with Crippen molar-refractivity contribution >= 4 is 78.0 Å². The van der Waals surface area contributed by atoms with Crippen LogP contribution < -0.4 is 26.6 Å². The lowest BCUT2D eigenvalue weighted by atomic mass is 9.77. The van der Waals surface area contributed by atoms with Crippen LogP contribution in [-0.4, -0.2) is 194 Å². The van der Waals surface area contributed by atoms with E-state index in [9.17, 15) is 67.4 Å². The molecule has 0 radical (unpaired) electrons. The molecule has 32 nitrogen and oxygen atoms in total. The molecule has 6 aromatic rings. The molecular formula is C105H173N11O21. The third-order valence-electron chi connectivity index (χ3n) is 22.9. The monoisotopic (exact) mass is 1950 g/mol. The number of methoxy groups -OCH3 is 1. The Morgan fingerprint density at radius 1 is 0.453 bits per heavy atom. The number of cyclic esters (lactones) is 1. The average molecular weight is 1950 g/mol. The lowest BCUT2D eigenvalue weighted by Crippen LogP contribution is -2.60. The molecule has 11 amide bonds. The van der Waals surface area contributed by atoms with E-state index < -0.39 is 135 Å². The summed E-state index contributed by atoms with van der Waals surface area (Å²) in [4.78, 5) is 163. The number of nitrogens with one attached hydrogen (secondary N) is 5. The molecule has 0 saturated carbocycles. The smallest absolute Gasteiger partial charge is 0.416 e. The first-order valence-corrected chi connectivity index (χ1v) is 45.7. The van der Waals surface area contributed by atoms with E-state index in [0.717, 1.165) is 39.0 Å². The molecule has 0 bridgehead atoms. The van der Waals surface area contributed by atoms with Crippen LogP contribution in [0, 0.1) is 17.8 Å². The largest absolute Gasteiger partial charge is 0.481 e. The van der Waals surface area contributed by atoms with Crippen molar-refractivity contribution in [3.8, 4) is 0 Å². The summed E-state index contributed by atoms with van der Waals surface area (Å²) in [6.45, 7) is 54.8. The summed E-state index contributed by atoms with van der Waals surface area (Å²) in [5, 5.41) is 43.2. The second kappa shape index (κ2) is 51.7. The third-order valence-corrected chi connectivity index (χ3v) is 22.9. The van der Waals surface area contributed by atoms with Crippen LogP contribution >= 0.6 is 0 Å². The second-order valence-electron chi connectivity index (χ2n) is 41.4. The van der Waals surface area contributed by atoms with Gasteiger partial charge in [-0.15, -0.1) is 0 Å². The first kappa shape index (κ1) is 103. The molecule has 0 unspecified atom stereocenters. The van der Waals surface area contributed by atoms with Gasteiger partial charge in [0.05, 0.1) is 31.7 Å². The zero-order valence-electron chi connectivity index (χ0n) is 104.